The highest BCUT2D eigenvalue weighted by Crippen LogP contribution is 2.39. The van der Waals surface area contributed by atoms with Crippen molar-refractivity contribution in [2.45, 2.75) is 38.0 Å². The van der Waals surface area contributed by atoms with E-state index in [1.807, 2.05) is 0 Å². The number of fused-ring (bicyclic) bond motifs is 1. The minimum Gasteiger partial charge on any atom is -0.465 e. The lowest BCUT2D eigenvalue weighted by Crippen LogP contribution is -2.36. The maximum atomic E-state index is 11.0. The number of nitrogens with zero attached hydrogens (tertiary/aromatic N) is 1. The zero-order valence-electron chi connectivity index (χ0n) is 12.1. The Morgan fingerprint density at radius 1 is 1.35 bits per heavy atom. The lowest BCUT2D eigenvalue weighted by molar-refractivity contribution is 0.132. The minimum absolute atomic E-state index is 0.188. The number of anilines is 1. The fourth-order valence-corrected chi connectivity index (χ4v) is 3.35. The van der Waals surface area contributed by atoms with Gasteiger partial charge in [0.25, 0.3) is 0 Å². The molecule has 0 aliphatic carbocycles. The van der Waals surface area contributed by atoms with Crippen LogP contribution in [0.4, 0.5) is 10.5 Å². The molecule has 0 radical (unpaired) electrons. The molecule has 2 heterocycles. The van der Waals surface area contributed by atoms with E-state index in [-0.39, 0.29) is 5.41 Å². The second-order valence-corrected chi connectivity index (χ2v) is 6.59. The first-order valence-electron chi connectivity index (χ1n) is 7.33. The standard InChI is InChI=1S/C16H22N2O2/c1-16(2)10-17-14-4-3-12(9-13(14)16)11-5-7-18(8-6-11)15(19)20/h3-4,9,11,17H,5-8,10H2,1-2H3,(H,19,20). The Morgan fingerprint density at radius 2 is 2.05 bits per heavy atom. The third-order valence-corrected chi connectivity index (χ3v) is 4.73. The number of carbonyl (C=O) groups is 1. The van der Waals surface area contributed by atoms with Gasteiger partial charge >= 0.3 is 6.09 Å². The lowest BCUT2D eigenvalue weighted by Gasteiger charge is -2.30. The van der Waals surface area contributed by atoms with Crippen molar-refractivity contribution in [2.24, 2.45) is 0 Å². The van der Waals surface area contributed by atoms with Crippen LogP contribution in [0.2, 0.25) is 0 Å². The molecule has 0 aromatic heterocycles. The molecule has 0 unspecified atom stereocenters. The number of carboxylic acid groups (broad SMARTS) is 1. The van der Waals surface area contributed by atoms with Crippen molar-refractivity contribution in [3.05, 3.63) is 29.3 Å². The van der Waals surface area contributed by atoms with Crippen LogP contribution in [0.3, 0.4) is 0 Å². The zero-order valence-corrected chi connectivity index (χ0v) is 12.1. The number of piperidine rings is 1. The van der Waals surface area contributed by atoms with Gasteiger partial charge in [0.1, 0.15) is 0 Å². The van der Waals surface area contributed by atoms with Crippen LogP contribution in [0, 0.1) is 0 Å². The molecule has 4 nitrogen and oxygen atoms in total. The fraction of sp³-hybridized carbons (Fsp3) is 0.562. The molecule has 2 aliphatic rings. The first-order chi connectivity index (χ1) is 9.47. The summed E-state index contributed by atoms with van der Waals surface area (Å²) in [5.41, 5.74) is 4.20. The molecule has 108 valence electrons. The highest BCUT2D eigenvalue weighted by molar-refractivity contribution is 5.65. The summed E-state index contributed by atoms with van der Waals surface area (Å²) in [4.78, 5) is 12.5. The van der Waals surface area contributed by atoms with Crippen molar-refractivity contribution in [2.75, 3.05) is 25.0 Å². The first kappa shape index (κ1) is 13.3. The molecule has 1 fully saturated rings. The van der Waals surface area contributed by atoms with Gasteiger partial charge in [-0.15, -0.1) is 0 Å². The molecule has 3 rings (SSSR count). The van der Waals surface area contributed by atoms with Crippen LogP contribution in [0.1, 0.15) is 43.7 Å². The molecule has 1 aromatic carbocycles. The Hall–Kier alpha value is -1.71. The fourth-order valence-electron chi connectivity index (χ4n) is 3.35. The van der Waals surface area contributed by atoms with E-state index in [1.165, 1.54) is 21.7 Å². The monoisotopic (exact) mass is 274 g/mol. The van der Waals surface area contributed by atoms with Gasteiger partial charge in [-0.05, 0) is 36.0 Å². The summed E-state index contributed by atoms with van der Waals surface area (Å²) in [6, 6.07) is 6.72. The van der Waals surface area contributed by atoms with Crippen LogP contribution in [0.15, 0.2) is 18.2 Å². The van der Waals surface area contributed by atoms with Gasteiger partial charge < -0.3 is 15.3 Å². The predicted molar refractivity (Wildman–Crippen MR) is 79.5 cm³/mol. The van der Waals surface area contributed by atoms with Crippen LogP contribution < -0.4 is 5.32 Å². The van der Waals surface area contributed by atoms with Gasteiger partial charge in [-0.3, -0.25) is 0 Å². The maximum absolute atomic E-state index is 11.0. The van der Waals surface area contributed by atoms with Crippen LogP contribution in [0.25, 0.3) is 0 Å². The van der Waals surface area contributed by atoms with Crippen molar-refractivity contribution in [3.63, 3.8) is 0 Å². The smallest absolute Gasteiger partial charge is 0.407 e. The molecule has 0 bridgehead atoms. The summed E-state index contributed by atoms with van der Waals surface area (Å²) in [6.07, 6.45) is 1.07. The second kappa shape index (κ2) is 4.69. The Balaban J connectivity index is 1.78. The number of hydrogen-bond donors (Lipinski definition) is 2. The average Bonchev–Trinajstić information content (AvgIpc) is 2.74. The van der Waals surface area contributed by atoms with Crippen LogP contribution in [0.5, 0.6) is 0 Å². The molecule has 0 atom stereocenters. The average molecular weight is 274 g/mol. The van der Waals surface area contributed by atoms with Crippen LogP contribution in [-0.4, -0.2) is 35.7 Å². The van der Waals surface area contributed by atoms with Gasteiger partial charge in [-0.25, -0.2) is 4.79 Å². The zero-order chi connectivity index (χ0) is 14.3. The van der Waals surface area contributed by atoms with Gasteiger partial charge in [0.2, 0.25) is 0 Å². The van der Waals surface area contributed by atoms with Gasteiger partial charge in [0.05, 0.1) is 0 Å². The molecule has 1 amide bonds. The van der Waals surface area contributed by atoms with Crippen molar-refractivity contribution in [1.82, 2.24) is 4.90 Å². The molecule has 4 heteroatoms. The molecule has 0 spiro atoms. The molecule has 20 heavy (non-hydrogen) atoms. The van der Waals surface area contributed by atoms with E-state index in [2.05, 4.69) is 37.4 Å². The van der Waals surface area contributed by atoms with E-state index in [9.17, 15) is 4.79 Å². The van der Waals surface area contributed by atoms with E-state index in [0.717, 1.165) is 19.4 Å². The van der Waals surface area contributed by atoms with Gasteiger partial charge in [0, 0.05) is 30.7 Å². The normalized spacial score (nSPS) is 21.4. The third kappa shape index (κ3) is 2.23. The van der Waals surface area contributed by atoms with Crippen molar-refractivity contribution in [1.29, 1.82) is 0 Å². The Bertz CT molecular complexity index is 531. The van der Waals surface area contributed by atoms with Crippen molar-refractivity contribution in [3.8, 4) is 0 Å². The van der Waals surface area contributed by atoms with Crippen molar-refractivity contribution >= 4 is 11.8 Å². The predicted octanol–water partition coefficient (Wildman–Crippen LogP) is 3.25. The summed E-state index contributed by atoms with van der Waals surface area (Å²) >= 11 is 0. The number of nitrogens with one attached hydrogen (secondary N) is 1. The minimum atomic E-state index is -0.789. The van der Waals surface area contributed by atoms with E-state index in [1.54, 1.807) is 0 Å². The number of hydrogen-bond acceptors (Lipinski definition) is 2. The highest BCUT2D eigenvalue weighted by atomic mass is 16.4. The summed E-state index contributed by atoms with van der Waals surface area (Å²) in [7, 11) is 0. The maximum Gasteiger partial charge on any atom is 0.407 e. The quantitative estimate of drug-likeness (QED) is 0.826. The molecule has 0 saturated carbocycles. The van der Waals surface area contributed by atoms with Crippen LogP contribution in [-0.2, 0) is 5.41 Å². The number of rotatable bonds is 1. The number of amides is 1. The van der Waals surface area contributed by atoms with E-state index in [4.69, 9.17) is 5.11 Å². The Labute approximate surface area is 119 Å². The van der Waals surface area contributed by atoms with Gasteiger partial charge in [0.15, 0.2) is 0 Å². The Kier molecular flexibility index (Phi) is 3.11. The molecular formula is C16H22N2O2. The third-order valence-electron chi connectivity index (χ3n) is 4.73. The summed E-state index contributed by atoms with van der Waals surface area (Å²) in [5.74, 6) is 0.493. The second-order valence-electron chi connectivity index (χ2n) is 6.59. The molecule has 2 N–H and O–H groups in total. The number of benzene rings is 1. The van der Waals surface area contributed by atoms with Crippen LogP contribution >= 0.6 is 0 Å². The van der Waals surface area contributed by atoms with Gasteiger partial charge in [-0.2, -0.15) is 0 Å². The SMILES string of the molecule is CC1(C)CNc2ccc(C3CCN(C(=O)O)CC3)cc21. The highest BCUT2D eigenvalue weighted by Gasteiger charge is 2.31. The Morgan fingerprint density at radius 3 is 2.70 bits per heavy atom. The molecule has 2 aliphatic heterocycles. The first-order valence-corrected chi connectivity index (χ1v) is 7.33. The molecular weight excluding hydrogens is 252 g/mol. The number of likely N-dealkylation sites (tertiary alicyclic amines) is 1. The molecule has 1 saturated heterocycles. The molecule has 1 aromatic rings. The van der Waals surface area contributed by atoms with Gasteiger partial charge in [-0.1, -0.05) is 26.0 Å². The summed E-state index contributed by atoms with van der Waals surface area (Å²) < 4.78 is 0. The largest absolute Gasteiger partial charge is 0.465 e. The summed E-state index contributed by atoms with van der Waals surface area (Å²) in [5, 5.41) is 12.5. The van der Waals surface area contributed by atoms with E-state index in [0.29, 0.717) is 19.0 Å². The van der Waals surface area contributed by atoms with E-state index < -0.39 is 6.09 Å². The summed E-state index contributed by atoms with van der Waals surface area (Å²) in [6.45, 7) is 6.83. The van der Waals surface area contributed by atoms with E-state index >= 15 is 0 Å². The lowest BCUT2D eigenvalue weighted by atomic mass is 9.82. The van der Waals surface area contributed by atoms with Crippen molar-refractivity contribution < 1.29 is 9.90 Å². The topological polar surface area (TPSA) is 52.6 Å².